The zero-order valence-corrected chi connectivity index (χ0v) is 39.0. The van der Waals surface area contributed by atoms with Crippen LogP contribution in [-0.2, 0) is 69.1 Å². The SMILES string of the molecule is COCCOCC[N+]1=C(/C=C/C=C/C=C2/N(CCCCCC(=O)ON3C(=O)CCC3=O)c3ccc(S(=O)(=O)O)cc3C2(C)C)C(C)(C)c2c1ccc1c(SOOO)cc(S(=O)(=O)O)cc21. The van der Waals surface area contributed by atoms with Crippen molar-refractivity contribution >= 4 is 77.9 Å². The number of benzene rings is 3. The molecule has 18 nitrogen and oxygen atoms in total. The molecule has 1 saturated heterocycles. The fourth-order valence-corrected chi connectivity index (χ4v) is 10.1. The van der Waals surface area contributed by atoms with Gasteiger partial charge in [0.25, 0.3) is 32.1 Å². The number of fused-ring (bicyclic) bond motifs is 4. The average molecular weight is 959 g/mol. The number of ether oxygens (including phenoxy) is 2. The number of unbranched alkanes of at least 4 members (excludes halogenated alkanes) is 2. The van der Waals surface area contributed by atoms with Crippen molar-refractivity contribution in [2.45, 2.75) is 91.7 Å². The van der Waals surface area contributed by atoms with Crippen molar-refractivity contribution in [3.05, 3.63) is 89.7 Å². The molecule has 3 heterocycles. The van der Waals surface area contributed by atoms with Crippen LogP contribution in [0.3, 0.4) is 0 Å². The van der Waals surface area contributed by atoms with Gasteiger partial charge in [0.1, 0.15) is 6.61 Å². The van der Waals surface area contributed by atoms with Crippen LogP contribution in [0.4, 0.5) is 11.4 Å². The molecule has 0 aromatic heterocycles. The van der Waals surface area contributed by atoms with E-state index in [4.69, 9.17) is 19.6 Å². The van der Waals surface area contributed by atoms with Gasteiger partial charge in [0.15, 0.2) is 12.3 Å². The molecule has 0 aliphatic carbocycles. The molecule has 2 amide bonds. The molecule has 3 N–H and O–H groups in total. The normalized spacial score (nSPS) is 17.8. The van der Waals surface area contributed by atoms with Crippen LogP contribution in [0.15, 0.2) is 93.2 Å². The predicted octanol–water partition coefficient (Wildman–Crippen LogP) is 6.76. The summed E-state index contributed by atoms with van der Waals surface area (Å²) in [5, 5.41) is 14.3. The molecular weight excluding hydrogens is 907 g/mol. The Hall–Kier alpha value is -4.81. The minimum atomic E-state index is -4.66. The fraction of sp³-hybridized carbons (Fsp3) is 0.409. The third-order valence-electron chi connectivity index (χ3n) is 11.6. The van der Waals surface area contributed by atoms with Crippen LogP contribution in [0, 0.1) is 0 Å². The molecule has 3 aromatic rings. The summed E-state index contributed by atoms with van der Waals surface area (Å²) < 4.78 is 87.0. The lowest BCUT2D eigenvalue weighted by Gasteiger charge is -2.27. The summed E-state index contributed by atoms with van der Waals surface area (Å²) in [4.78, 5) is 42.8. The molecule has 0 radical (unpaired) electrons. The van der Waals surface area contributed by atoms with Crippen molar-refractivity contribution in [3.63, 3.8) is 0 Å². The van der Waals surface area contributed by atoms with Crippen LogP contribution in [-0.4, -0.2) is 104 Å². The molecule has 0 atom stereocenters. The highest BCUT2D eigenvalue weighted by Gasteiger charge is 2.46. The fourth-order valence-electron chi connectivity index (χ4n) is 8.48. The van der Waals surface area contributed by atoms with Crippen LogP contribution in [0.25, 0.3) is 10.8 Å². The molecule has 0 bridgehead atoms. The van der Waals surface area contributed by atoms with Gasteiger partial charge < -0.3 is 19.2 Å². The van der Waals surface area contributed by atoms with Gasteiger partial charge in [-0.15, -0.1) is 9.40 Å². The first-order valence-corrected chi connectivity index (χ1v) is 24.3. The maximum Gasteiger partial charge on any atom is 0.333 e. The highest BCUT2D eigenvalue weighted by atomic mass is 32.2. The highest BCUT2D eigenvalue weighted by Crippen LogP contribution is 2.49. The Labute approximate surface area is 381 Å². The Bertz CT molecular complexity index is 2690. The number of carbonyl (C=O) groups is 3. The highest BCUT2D eigenvalue weighted by molar-refractivity contribution is 7.94. The molecule has 6 rings (SSSR count). The van der Waals surface area contributed by atoms with E-state index in [-0.39, 0.29) is 33.9 Å². The molecular formula is C44H52N3O15S3+. The average Bonchev–Trinajstić information content (AvgIpc) is 3.76. The molecule has 3 aliphatic heterocycles. The number of hydroxylamine groups is 2. The maximum absolute atomic E-state index is 12.5. The molecule has 21 heteroatoms. The lowest BCUT2D eigenvalue weighted by molar-refractivity contribution is -0.442. The predicted molar refractivity (Wildman–Crippen MR) is 239 cm³/mol. The van der Waals surface area contributed by atoms with Gasteiger partial charge in [-0.25, -0.2) is 10.1 Å². The van der Waals surface area contributed by atoms with E-state index in [9.17, 15) is 40.3 Å². The van der Waals surface area contributed by atoms with E-state index in [0.717, 1.165) is 28.3 Å². The summed E-state index contributed by atoms with van der Waals surface area (Å²) >= 11 is 0.581. The summed E-state index contributed by atoms with van der Waals surface area (Å²) in [5.74, 6) is -1.76. The van der Waals surface area contributed by atoms with E-state index in [0.29, 0.717) is 85.6 Å². The number of allylic oxidation sites excluding steroid dienone is 6. The molecule has 3 aliphatic rings. The van der Waals surface area contributed by atoms with Crippen molar-refractivity contribution in [2.24, 2.45) is 0 Å². The van der Waals surface area contributed by atoms with Gasteiger partial charge in [0.05, 0.1) is 40.5 Å². The van der Waals surface area contributed by atoms with Crippen molar-refractivity contribution in [3.8, 4) is 0 Å². The Morgan fingerprint density at radius 1 is 0.846 bits per heavy atom. The topological polar surface area (TPSA) is 236 Å². The van der Waals surface area contributed by atoms with E-state index in [1.54, 1.807) is 19.2 Å². The molecule has 0 saturated carbocycles. The molecule has 0 spiro atoms. The zero-order valence-electron chi connectivity index (χ0n) is 36.5. The van der Waals surface area contributed by atoms with Gasteiger partial charge in [0, 0.05) is 72.3 Å². The molecule has 0 unspecified atom stereocenters. The van der Waals surface area contributed by atoms with E-state index >= 15 is 0 Å². The van der Waals surface area contributed by atoms with Crippen molar-refractivity contribution in [1.82, 2.24) is 5.06 Å². The Morgan fingerprint density at radius 3 is 2.25 bits per heavy atom. The second-order valence-electron chi connectivity index (χ2n) is 16.5. The monoisotopic (exact) mass is 958 g/mol. The van der Waals surface area contributed by atoms with Crippen LogP contribution in [0.2, 0.25) is 0 Å². The van der Waals surface area contributed by atoms with Crippen molar-refractivity contribution in [2.75, 3.05) is 44.9 Å². The number of carbonyl (C=O) groups excluding carboxylic acids is 3. The number of methoxy groups -OCH3 is 1. The largest absolute Gasteiger partial charge is 0.382 e. The molecule has 65 heavy (non-hydrogen) atoms. The van der Waals surface area contributed by atoms with Gasteiger partial charge in [-0.05, 0) is 85.5 Å². The number of hydrogen-bond donors (Lipinski definition) is 3. The first-order valence-electron chi connectivity index (χ1n) is 20.7. The number of imide groups is 1. The summed E-state index contributed by atoms with van der Waals surface area (Å²) in [6.07, 6.45) is 11.1. The van der Waals surface area contributed by atoms with Crippen LogP contribution in [0.1, 0.15) is 77.3 Å². The van der Waals surface area contributed by atoms with E-state index in [2.05, 4.69) is 18.8 Å². The Balaban J connectivity index is 1.29. The lowest BCUT2D eigenvalue weighted by atomic mass is 9.79. The second kappa shape index (κ2) is 20.4. The smallest absolute Gasteiger partial charge is 0.333 e. The van der Waals surface area contributed by atoms with Gasteiger partial charge in [-0.1, -0.05) is 43.5 Å². The van der Waals surface area contributed by atoms with E-state index in [1.807, 2.05) is 64.1 Å². The Kier molecular flexibility index (Phi) is 15.6. The van der Waals surface area contributed by atoms with Crippen molar-refractivity contribution in [1.29, 1.82) is 0 Å². The minimum absolute atomic E-state index is 0.00471. The van der Waals surface area contributed by atoms with Gasteiger partial charge in [0.2, 0.25) is 5.69 Å². The molecule has 3 aromatic carbocycles. The summed E-state index contributed by atoms with van der Waals surface area (Å²) in [7, 11) is -7.57. The second-order valence-corrected chi connectivity index (χ2v) is 20.1. The van der Waals surface area contributed by atoms with E-state index < -0.39 is 48.8 Å². The molecule has 350 valence electrons. The van der Waals surface area contributed by atoms with Crippen LogP contribution in [0.5, 0.6) is 0 Å². The number of anilines is 1. The van der Waals surface area contributed by atoms with Crippen LogP contribution < -0.4 is 4.90 Å². The van der Waals surface area contributed by atoms with Crippen molar-refractivity contribution < 1.29 is 73.8 Å². The third-order valence-corrected chi connectivity index (χ3v) is 13.9. The maximum atomic E-state index is 12.5. The standard InChI is InChI=1S/C44H51N3O15S3/c1-43(2)33-27-29(64(52,53)54)15-17-34(33)45(21-11-7-10-14-41(50)60-47-39(48)19-20-40(47)49)37(43)12-8-6-9-13-38-44(3,4)42-32-26-30(65(55,56)57)28-36(63-62-61-51)31(32)16-18-35(42)46(38)22-23-59-25-24-58-5/h6,8-9,12-13,15-18,26-28H,7,10-11,14,19-25H2,1-5H3,(H2-,51,52,53,54,55,56,57)/p+1. The minimum Gasteiger partial charge on any atom is -0.382 e. The van der Waals surface area contributed by atoms with Crippen LogP contribution >= 0.6 is 12.0 Å². The number of nitrogens with zero attached hydrogens (tertiary/aromatic N) is 3. The summed E-state index contributed by atoms with van der Waals surface area (Å²) in [5.41, 5.74) is 3.25. The molecule has 1 fully saturated rings. The lowest BCUT2D eigenvalue weighted by Crippen LogP contribution is -2.32. The summed E-state index contributed by atoms with van der Waals surface area (Å²) in [6, 6.07) is 10.8. The Morgan fingerprint density at radius 2 is 1.57 bits per heavy atom. The van der Waals surface area contributed by atoms with Gasteiger partial charge in [-0.2, -0.15) is 21.4 Å². The first kappa shape index (κ1) is 49.6. The van der Waals surface area contributed by atoms with Gasteiger partial charge >= 0.3 is 5.97 Å². The number of amides is 2. The third kappa shape index (κ3) is 10.9. The number of hydrogen-bond acceptors (Lipinski definition) is 15. The zero-order chi connectivity index (χ0) is 47.3. The number of rotatable bonds is 21. The van der Waals surface area contributed by atoms with Gasteiger partial charge in [-0.3, -0.25) is 18.7 Å². The summed E-state index contributed by atoms with van der Waals surface area (Å²) in [6.45, 7) is 9.94. The quantitative estimate of drug-likeness (QED) is 0.0146. The van der Waals surface area contributed by atoms with E-state index in [1.165, 1.54) is 24.3 Å². The first-order chi connectivity index (χ1) is 30.7.